The Labute approximate surface area is 73.4 Å². The summed E-state index contributed by atoms with van der Waals surface area (Å²) in [6.45, 7) is 1.09. The predicted octanol–water partition coefficient (Wildman–Crippen LogP) is 1.27. The molecular weight excluding hydrogens is 206 g/mol. The summed E-state index contributed by atoms with van der Waals surface area (Å²) in [5.74, 6) is 0.902. The molecular formula is C7H8BrN3. The van der Waals surface area contributed by atoms with Gasteiger partial charge in [0.1, 0.15) is 5.82 Å². The van der Waals surface area contributed by atoms with Gasteiger partial charge in [0.15, 0.2) is 0 Å². The van der Waals surface area contributed by atoms with Crippen molar-refractivity contribution in [2.24, 2.45) is 0 Å². The minimum atomic E-state index is 0.392. The van der Waals surface area contributed by atoms with Crippen molar-refractivity contribution in [2.45, 2.75) is 12.5 Å². The number of aromatic nitrogens is 2. The van der Waals surface area contributed by atoms with E-state index in [0.717, 1.165) is 23.3 Å². The first kappa shape index (κ1) is 7.18. The topological polar surface area (TPSA) is 37.8 Å². The molecule has 1 N–H and O–H groups in total. The van der Waals surface area contributed by atoms with E-state index < -0.39 is 0 Å². The molecule has 0 aromatic carbocycles. The SMILES string of the molecule is Brc1cnc(C2CCN2)nc1. The fourth-order valence-electron chi connectivity index (χ4n) is 1.01. The Morgan fingerprint density at radius 3 is 2.55 bits per heavy atom. The first-order chi connectivity index (χ1) is 5.36. The zero-order valence-corrected chi connectivity index (χ0v) is 7.50. The average Bonchev–Trinajstić information content (AvgIpc) is 1.90. The Morgan fingerprint density at radius 2 is 2.09 bits per heavy atom. The van der Waals surface area contributed by atoms with E-state index in [9.17, 15) is 0 Å². The van der Waals surface area contributed by atoms with Gasteiger partial charge in [0.25, 0.3) is 0 Å². The van der Waals surface area contributed by atoms with Gasteiger partial charge in [0.05, 0.1) is 10.5 Å². The third-order valence-electron chi connectivity index (χ3n) is 1.78. The van der Waals surface area contributed by atoms with Crippen LogP contribution >= 0.6 is 15.9 Å². The Balaban J connectivity index is 2.18. The van der Waals surface area contributed by atoms with Gasteiger partial charge < -0.3 is 5.32 Å². The number of nitrogens with zero attached hydrogens (tertiary/aromatic N) is 2. The van der Waals surface area contributed by atoms with Crippen molar-refractivity contribution in [2.75, 3.05) is 6.54 Å². The van der Waals surface area contributed by atoms with Crippen molar-refractivity contribution in [3.05, 3.63) is 22.7 Å². The molecule has 11 heavy (non-hydrogen) atoms. The lowest BCUT2D eigenvalue weighted by Crippen LogP contribution is -2.36. The van der Waals surface area contributed by atoms with E-state index in [1.807, 2.05) is 0 Å². The summed E-state index contributed by atoms with van der Waals surface area (Å²) in [5.41, 5.74) is 0. The van der Waals surface area contributed by atoms with Crippen LogP contribution in [-0.4, -0.2) is 16.5 Å². The highest BCUT2D eigenvalue weighted by Crippen LogP contribution is 2.19. The third-order valence-corrected chi connectivity index (χ3v) is 2.19. The van der Waals surface area contributed by atoms with Crippen LogP contribution in [0.2, 0.25) is 0 Å². The number of nitrogens with one attached hydrogen (secondary N) is 1. The molecule has 58 valence electrons. The van der Waals surface area contributed by atoms with Crippen molar-refractivity contribution >= 4 is 15.9 Å². The van der Waals surface area contributed by atoms with Gasteiger partial charge in [-0.2, -0.15) is 0 Å². The fourth-order valence-corrected chi connectivity index (χ4v) is 1.22. The quantitative estimate of drug-likeness (QED) is 0.764. The molecule has 0 amide bonds. The maximum atomic E-state index is 4.18. The first-order valence-electron chi connectivity index (χ1n) is 3.57. The lowest BCUT2D eigenvalue weighted by molar-refractivity contribution is 0.366. The van der Waals surface area contributed by atoms with E-state index in [1.165, 1.54) is 0 Å². The van der Waals surface area contributed by atoms with Gasteiger partial charge in [0.2, 0.25) is 0 Å². The Morgan fingerprint density at radius 1 is 1.45 bits per heavy atom. The minimum Gasteiger partial charge on any atom is -0.307 e. The van der Waals surface area contributed by atoms with Crippen LogP contribution in [0.25, 0.3) is 0 Å². The molecule has 0 bridgehead atoms. The fraction of sp³-hybridized carbons (Fsp3) is 0.429. The summed E-state index contributed by atoms with van der Waals surface area (Å²) in [4.78, 5) is 8.36. The molecule has 1 aromatic heterocycles. The number of hydrogen-bond donors (Lipinski definition) is 1. The largest absolute Gasteiger partial charge is 0.307 e. The second-order valence-corrected chi connectivity index (χ2v) is 3.47. The monoisotopic (exact) mass is 213 g/mol. The Kier molecular flexibility index (Phi) is 1.87. The van der Waals surface area contributed by atoms with Gasteiger partial charge in [-0.3, -0.25) is 0 Å². The molecule has 4 heteroatoms. The highest BCUT2D eigenvalue weighted by molar-refractivity contribution is 9.10. The molecule has 1 unspecified atom stereocenters. The standard InChI is InChI=1S/C7H8BrN3/c8-5-3-10-7(11-4-5)6-1-2-9-6/h3-4,6,9H,1-2H2. The van der Waals surface area contributed by atoms with Gasteiger partial charge in [-0.1, -0.05) is 0 Å². The maximum absolute atomic E-state index is 4.18. The smallest absolute Gasteiger partial charge is 0.145 e. The van der Waals surface area contributed by atoms with Gasteiger partial charge in [-0.25, -0.2) is 9.97 Å². The van der Waals surface area contributed by atoms with E-state index in [0.29, 0.717) is 6.04 Å². The second-order valence-electron chi connectivity index (χ2n) is 2.55. The van der Waals surface area contributed by atoms with Gasteiger partial charge in [-0.05, 0) is 28.9 Å². The summed E-state index contributed by atoms with van der Waals surface area (Å²) in [6.07, 6.45) is 4.71. The highest BCUT2D eigenvalue weighted by atomic mass is 79.9. The highest BCUT2D eigenvalue weighted by Gasteiger charge is 2.20. The molecule has 0 spiro atoms. The molecule has 0 radical (unpaired) electrons. The van der Waals surface area contributed by atoms with Crippen molar-refractivity contribution in [3.8, 4) is 0 Å². The molecule has 1 saturated heterocycles. The zero-order valence-electron chi connectivity index (χ0n) is 5.92. The molecule has 3 nitrogen and oxygen atoms in total. The summed E-state index contributed by atoms with van der Waals surface area (Å²) in [6, 6.07) is 0.392. The molecule has 1 atom stereocenters. The van der Waals surface area contributed by atoms with Crippen LogP contribution in [0, 0.1) is 0 Å². The van der Waals surface area contributed by atoms with Crippen molar-refractivity contribution in [1.82, 2.24) is 15.3 Å². The summed E-state index contributed by atoms with van der Waals surface area (Å²) < 4.78 is 0.931. The van der Waals surface area contributed by atoms with Crippen molar-refractivity contribution in [3.63, 3.8) is 0 Å². The number of rotatable bonds is 1. The van der Waals surface area contributed by atoms with E-state index in [1.54, 1.807) is 12.4 Å². The van der Waals surface area contributed by atoms with Gasteiger partial charge in [0, 0.05) is 12.4 Å². The number of hydrogen-bond acceptors (Lipinski definition) is 3. The summed E-state index contributed by atoms with van der Waals surface area (Å²) >= 11 is 3.29. The van der Waals surface area contributed by atoms with E-state index in [2.05, 4.69) is 31.2 Å². The van der Waals surface area contributed by atoms with Crippen molar-refractivity contribution < 1.29 is 0 Å². The maximum Gasteiger partial charge on any atom is 0.145 e. The molecule has 1 aromatic rings. The lowest BCUT2D eigenvalue weighted by atomic mass is 10.1. The minimum absolute atomic E-state index is 0.392. The molecule has 0 saturated carbocycles. The molecule has 1 aliphatic heterocycles. The van der Waals surface area contributed by atoms with Crippen LogP contribution in [0.5, 0.6) is 0 Å². The summed E-state index contributed by atoms with van der Waals surface area (Å²) in [7, 11) is 0. The van der Waals surface area contributed by atoms with E-state index >= 15 is 0 Å². The van der Waals surface area contributed by atoms with Crippen LogP contribution in [-0.2, 0) is 0 Å². The van der Waals surface area contributed by atoms with Crippen LogP contribution < -0.4 is 5.32 Å². The third kappa shape index (κ3) is 1.41. The molecule has 2 heterocycles. The number of halogens is 1. The lowest BCUT2D eigenvalue weighted by Gasteiger charge is -2.25. The normalized spacial score (nSPS) is 22.8. The molecule has 0 aliphatic carbocycles. The van der Waals surface area contributed by atoms with Gasteiger partial charge in [-0.15, -0.1) is 0 Å². The summed E-state index contributed by atoms with van der Waals surface area (Å²) in [5, 5.41) is 3.24. The Hall–Kier alpha value is -0.480. The van der Waals surface area contributed by atoms with Crippen LogP contribution in [0.3, 0.4) is 0 Å². The van der Waals surface area contributed by atoms with E-state index in [4.69, 9.17) is 0 Å². The van der Waals surface area contributed by atoms with Crippen molar-refractivity contribution in [1.29, 1.82) is 0 Å². The molecule has 1 aliphatic rings. The van der Waals surface area contributed by atoms with Gasteiger partial charge >= 0.3 is 0 Å². The van der Waals surface area contributed by atoms with Crippen LogP contribution in [0.4, 0.5) is 0 Å². The zero-order chi connectivity index (χ0) is 7.68. The molecule has 1 fully saturated rings. The molecule has 2 rings (SSSR count). The van der Waals surface area contributed by atoms with Crippen LogP contribution in [0.1, 0.15) is 18.3 Å². The second kappa shape index (κ2) is 2.87. The predicted molar refractivity (Wildman–Crippen MR) is 45.1 cm³/mol. The average molecular weight is 214 g/mol. The van der Waals surface area contributed by atoms with E-state index in [-0.39, 0.29) is 0 Å². The van der Waals surface area contributed by atoms with Crippen LogP contribution in [0.15, 0.2) is 16.9 Å². The first-order valence-corrected chi connectivity index (χ1v) is 4.36. The Bertz CT molecular complexity index is 242.